The van der Waals surface area contributed by atoms with E-state index in [2.05, 4.69) is 5.32 Å². The molecular formula is C22H26Cl2FN2O2+. The predicted octanol–water partition coefficient (Wildman–Crippen LogP) is 4.46. The standard InChI is InChI=1S/C22H25Cl2FN2O2/c1-15(28)26-21(16-5-3-2-4-6-16)22(17-7-8-19(23)20(24)13-17)27(12-10-25)11-9-18(29)14-27/h2-8,13,18,21-22,29H,9-12,14H2,1H3/p+1/t18-,21-,22?,27?/m0/s1. The average molecular weight is 440 g/mol. The number of amides is 1. The van der Waals surface area contributed by atoms with Gasteiger partial charge in [0.2, 0.25) is 5.91 Å². The second kappa shape index (κ2) is 9.43. The maximum absolute atomic E-state index is 13.7. The summed E-state index contributed by atoms with van der Waals surface area (Å²) in [6.07, 6.45) is 0.0694. The molecule has 0 aromatic heterocycles. The van der Waals surface area contributed by atoms with Gasteiger partial charge in [-0.05, 0) is 17.7 Å². The van der Waals surface area contributed by atoms with Gasteiger partial charge in [0, 0.05) is 18.9 Å². The van der Waals surface area contributed by atoms with E-state index in [9.17, 15) is 14.3 Å². The van der Waals surface area contributed by atoms with Gasteiger partial charge >= 0.3 is 0 Å². The normalized spacial score (nSPS) is 23.6. The third-order valence-corrected chi connectivity index (χ3v) is 6.46. The Morgan fingerprint density at radius 2 is 1.93 bits per heavy atom. The highest BCUT2D eigenvalue weighted by Gasteiger charge is 2.48. The number of aliphatic hydroxyl groups is 1. The number of halogens is 3. The first kappa shape index (κ1) is 22.0. The number of nitrogens with zero attached hydrogens (tertiary/aromatic N) is 1. The number of hydrogen-bond donors (Lipinski definition) is 2. The van der Waals surface area contributed by atoms with Crippen molar-refractivity contribution in [3.8, 4) is 0 Å². The largest absolute Gasteiger partial charge is 0.387 e. The van der Waals surface area contributed by atoms with Crippen LogP contribution in [-0.2, 0) is 4.79 Å². The van der Waals surface area contributed by atoms with Crippen LogP contribution in [0.5, 0.6) is 0 Å². The highest BCUT2D eigenvalue weighted by atomic mass is 35.5. The number of aliphatic hydroxyl groups excluding tert-OH is 1. The Balaban J connectivity index is 2.19. The van der Waals surface area contributed by atoms with Gasteiger partial charge in [0.15, 0.2) is 0 Å². The zero-order valence-electron chi connectivity index (χ0n) is 16.3. The van der Waals surface area contributed by atoms with Gasteiger partial charge in [-0.3, -0.25) is 4.79 Å². The monoisotopic (exact) mass is 439 g/mol. The smallest absolute Gasteiger partial charge is 0.217 e. The maximum atomic E-state index is 13.7. The van der Waals surface area contributed by atoms with Crippen LogP contribution in [0, 0.1) is 0 Å². The molecule has 2 aromatic carbocycles. The molecule has 1 saturated heterocycles. The van der Waals surface area contributed by atoms with E-state index in [0.29, 0.717) is 34.0 Å². The lowest BCUT2D eigenvalue weighted by Crippen LogP contribution is -2.55. The number of benzene rings is 2. The first-order chi connectivity index (χ1) is 13.9. The molecule has 0 radical (unpaired) electrons. The lowest BCUT2D eigenvalue weighted by molar-refractivity contribution is -0.949. The van der Waals surface area contributed by atoms with E-state index in [0.717, 1.165) is 11.1 Å². The molecular weight excluding hydrogens is 414 g/mol. The molecule has 4 nitrogen and oxygen atoms in total. The van der Waals surface area contributed by atoms with Gasteiger partial charge in [-0.15, -0.1) is 0 Å². The number of quaternary nitrogens is 1. The van der Waals surface area contributed by atoms with Crippen LogP contribution in [-0.4, -0.2) is 47.9 Å². The molecule has 2 N–H and O–H groups in total. The maximum Gasteiger partial charge on any atom is 0.217 e. The number of hydrogen-bond acceptors (Lipinski definition) is 2. The zero-order valence-corrected chi connectivity index (χ0v) is 17.8. The molecule has 1 amide bonds. The molecule has 156 valence electrons. The van der Waals surface area contributed by atoms with E-state index in [1.165, 1.54) is 6.92 Å². The Labute approximate surface area is 180 Å². The van der Waals surface area contributed by atoms with Crippen molar-refractivity contribution in [2.24, 2.45) is 0 Å². The zero-order chi connectivity index (χ0) is 21.0. The van der Waals surface area contributed by atoms with Gasteiger partial charge < -0.3 is 14.9 Å². The number of alkyl halides is 1. The SMILES string of the molecule is CC(=O)N[C@@H](c1ccccc1)C(c1ccc(Cl)c(Cl)c1)[N+]1(CCF)CC[C@H](O)C1. The second-order valence-corrected chi connectivity index (χ2v) is 8.50. The fraction of sp³-hybridized carbons (Fsp3) is 0.409. The summed E-state index contributed by atoms with van der Waals surface area (Å²) in [5.41, 5.74) is 1.76. The van der Waals surface area contributed by atoms with Crippen molar-refractivity contribution >= 4 is 29.1 Å². The fourth-order valence-corrected chi connectivity index (χ4v) is 4.82. The minimum absolute atomic E-state index is 0.179. The average Bonchev–Trinajstić information content (AvgIpc) is 3.06. The molecule has 0 saturated carbocycles. The quantitative estimate of drug-likeness (QED) is 0.625. The molecule has 29 heavy (non-hydrogen) atoms. The van der Waals surface area contributed by atoms with Crippen LogP contribution in [0.1, 0.15) is 36.6 Å². The summed E-state index contributed by atoms with van der Waals surface area (Å²) in [5.74, 6) is -0.179. The van der Waals surface area contributed by atoms with Crippen molar-refractivity contribution in [3.63, 3.8) is 0 Å². The summed E-state index contributed by atoms with van der Waals surface area (Å²) >= 11 is 12.5. The van der Waals surface area contributed by atoms with E-state index in [-0.39, 0.29) is 18.5 Å². The van der Waals surface area contributed by atoms with E-state index < -0.39 is 18.8 Å². The number of nitrogens with one attached hydrogen (secondary N) is 1. The Morgan fingerprint density at radius 3 is 2.48 bits per heavy atom. The van der Waals surface area contributed by atoms with Gasteiger partial charge in [-0.25, -0.2) is 4.39 Å². The third kappa shape index (κ3) is 4.92. The van der Waals surface area contributed by atoms with Gasteiger partial charge in [0.25, 0.3) is 0 Å². The Hall–Kier alpha value is -1.66. The van der Waals surface area contributed by atoms with Crippen LogP contribution in [0.3, 0.4) is 0 Å². The molecule has 3 rings (SSSR count). The summed E-state index contributed by atoms with van der Waals surface area (Å²) in [6, 6.07) is 14.3. The molecule has 1 aliphatic heterocycles. The summed E-state index contributed by atoms with van der Waals surface area (Å²) in [7, 11) is 0. The number of likely N-dealkylation sites (tertiary alicyclic amines) is 1. The van der Waals surface area contributed by atoms with Gasteiger partial charge in [0.1, 0.15) is 38.0 Å². The highest BCUT2D eigenvalue weighted by Crippen LogP contribution is 2.43. The van der Waals surface area contributed by atoms with Crippen molar-refractivity contribution in [2.75, 3.05) is 26.3 Å². The predicted molar refractivity (Wildman–Crippen MR) is 114 cm³/mol. The lowest BCUT2D eigenvalue weighted by Gasteiger charge is -2.45. The van der Waals surface area contributed by atoms with Gasteiger partial charge in [0.05, 0.1) is 16.6 Å². The summed E-state index contributed by atoms with van der Waals surface area (Å²) in [5, 5.41) is 14.3. The Kier molecular flexibility index (Phi) is 7.17. The minimum atomic E-state index is -0.522. The highest BCUT2D eigenvalue weighted by molar-refractivity contribution is 6.42. The first-order valence-electron chi connectivity index (χ1n) is 9.73. The van der Waals surface area contributed by atoms with E-state index in [1.807, 2.05) is 36.4 Å². The Bertz CT molecular complexity index is 848. The first-order valence-corrected chi connectivity index (χ1v) is 10.5. The molecule has 1 heterocycles. The topological polar surface area (TPSA) is 49.3 Å². The molecule has 4 atom stereocenters. The molecule has 1 fully saturated rings. The summed E-state index contributed by atoms with van der Waals surface area (Å²) < 4.78 is 14.1. The molecule has 0 bridgehead atoms. The van der Waals surface area contributed by atoms with Crippen molar-refractivity contribution in [3.05, 3.63) is 69.7 Å². The van der Waals surface area contributed by atoms with Crippen LogP contribution in [0.2, 0.25) is 10.0 Å². The van der Waals surface area contributed by atoms with Crippen LogP contribution in [0.25, 0.3) is 0 Å². The molecule has 7 heteroatoms. The summed E-state index contributed by atoms with van der Waals surface area (Å²) in [6.45, 7) is 2.22. The molecule has 1 aliphatic rings. The number of carbonyl (C=O) groups is 1. The molecule has 0 aliphatic carbocycles. The van der Waals surface area contributed by atoms with Crippen molar-refractivity contribution in [1.29, 1.82) is 0 Å². The Morgan fingerprint density at radius 1 is 1.21 bits per heavy atom. The van der Waals surface area contributed by atoms with Crippen LogP contribution >= 0.6 is 23.2 Å². The summed E-state index contributed by atoms with van der Waals surface area (Å²) in [4.78, 5) is 12.1. The lowest BCUT2D eigenvalue weighted by atomic mass is 9.90. The van der Waals surface area contributed by atoms with Crippen LogP contribution in [0.4, 0.5) is 4.39 Å². The second-order valence-electron chi connectivity index (χ2n) is 7.69. The van der Waals surface area contributed by atoms with E-state index in [1.54, 1.807) is 12.1 Å². The van der Waals surface area contributed by atoms with Gasteiger partial charge in [-0.1, -0.05) is 59.6 Å². The molecule has 0 spiro atoms. The van der Waals surface area contributed by atoms with Crippen molar-refractivity contribution in [2.45, 2.75) is 31.5 Å². The third-order valence-electron chi connectivity index (χ3n) is 5.72. The van der Waals surface area contributed by atoms with Crippen LogP contribution in [0.15, 0.2) is 48.5 Å². The van der Waals surface area contributed by atoms with Crippen molar-refractivity contribution < 1.29 is 18.8 Å². The molecule has 2 unspecified atom stereocenters. The fourth-order valence-electron chi connectivity index (χ4n) is 4.52. The van der Waals surface area contributed by atoms with Crippen LogP contribution < -0.4 is 5.32 Å². The molecule has 2 aromatic rings. The minimum Gasteiger partial charge on any atom is -0.387 e. The van der Waals surface area contributed by atoms with E-state index >= 15 is 0 Å². The van der Waals surface area contributed by atoms with Gasteiger partial charge in [-0.2, -0.15) is 0 Å². The number of carbonyl (C=O) groups excluding carboxylic acids is 1. The van der Waals surface area contributed by atoms with Crippen molar-refractivity contribution in [1.82, 2.24) is 5.32 Å². The number of rotatable bonds is 7. The van der Waals surface area contributed by atoms with E-state index in [4.69, 9.17) is 23.2 Å².